The number of pyridine rings is 1. The molecule has 3 heterocycles. The van der Waals surface area contributed by atoms with E-state index in [1.54, 1.807) is 25.3 Å². The summed E-state index contributed by atoms with van der Waals surface area (Å²) in [6.45, 7) is 8.70. The van der Waals surface area contributed by atoms with E-state index in [9.17, 15) is 9.59 Å². The molecule has 2 fully saturated rings. The highest BCUT2D eigenvalue weighted by molar-refractivity contribution is 5.94. The van der Waals surface area contributed by atoms with Crippen LogP contribution in [0.4, 0.5) is 0 Å². The van der Waals surface area contributed by atoms with Crippen molar-refractivity contribution in [1.82, 2.24) is 25.3 Å². The molecule has 0 bridgehead atoms. The molecule has 2 aliphatic rings. The molecule has 1 saturated carbocycles. The van der Waals surface area contributed by atoms with Crippen molar-refractivity contribution in [2.45, 2.75) is 52.0 Å². The van der Waals surface area contributed by atoms with E-state index in [4.69, 9.17) is 4.52 Å². The van der Waals surface area contributed by atoms with Gasteiger partial charge in [0.05, 0.1) is 5.41 Å². The zero-order valence-corrected chi connectivity index (χ0v) is 17.3. The highest BCUT2D eigenvalue weighted by Crippen LogP contribution is 2.50. The molecule has 3 atom stereocenters. The molecular weight excluding hydrogens is 370 g/mol. The van der Waals surface area contributed by atoms with E-state index in [-0.39, 0.29) is 29.7 Å². The van der Waals surface area contributed by atoms with Crippen LogP contribution in [-0.2, 0) is 10.2 Å². The topological polar surface area (TPSA) is 101 Å². The Morgan fingerprint density at radius 2 is 2.14 bits per heavy atom. The van der Waals surface area contributed by atoms with Crippen LogP contribution < -0.4 is 5.32 Å². The Bertz CT molecular complexity index is 940. The van der Waals surface area contributed by atoms with Gasteiger partial charge < -0.3 is 14.7 Å². The highest BCUT2D eigenvalue weighted by Gasteiger charge is 2.58. The maximum Gasteiger partial charge on any atom is 0.251 e. The summed E-state index contributed by atoms with van der Waals surface area (Å²) < 4.78 is 5.58. The number of carbonyl (C=O) groups is 2. The molecule has 4 rings (SSSR count). The lowest BCUT2D eigenvalue weighted by atomic mass is 9.80. The molecule has 1 saturated heterocycles. The average Bonchev–Trinajstić information content (AvgIpc) is 3.33. The first-order valence-corrected chi connectivity index (χ1v) is 10.1. The van der Waals surface area contributed by atoms with Crippen molar-refractivity contribution >= 4 is 11.8 Å². The van der Waals surface area contributed by atoms with E-state index in [0.29, 0.717) is 36.8 Å². The largest absolute Gasteiger partial charge is 0.349 e. The van der Waals surface area contributed by atoms with Crippen molar-refractivity contribution in [3.63, 3.8) is 0 Å². The maximum atomic E-state index is 12.7. The number of amides is 2. The summed E-state index contributed by atoms with van der Waals surface area (Å²) in [5, 5.41) is 7.14. The minimum atomic E-state index is -0.405. The second kappa shape index (κ2) is 7.24. The third-order valence-corrected chi connectivity index (χ3v) is 6.13. The van der Waals surface area contributed by atoms with Gasteiger partial charge in [-0.05, 0) is 44.7 Å². The van der Waals surface area contributed by atoms with Crippen LogP contribution in [0.5, 0.6) is 0 Å². The van der Waals surface area contributed by atoms with Crippen LogP contribution in [-0.4, -0.2) is 51.0 Å². The zero-order valence-electron chi connectivity index (χ0n) is 17.3. The van der Waals surface area contributed by atoms with Crippen molar-refractivity contribution in [3.8, 4) is 0 Å². The number of nitrogens with zero attached hydrogens (tertiary/aromatic N) is 4. The van der Waals surface area contributed by atoms with Crippen molar-refractivity contribution < 1.29 is 14.1 Å². The molecule has 2 aromatic heterocycles. The number of likely N-dealkylation sites (tertiary alicyclic amines) is 1. The molecular formula is C21H27N5O3. The number of aromatic nitrogens is 3. The summed E-state index contributed by atoms with van der Waals surface area (Å²) in [7, 11) is 0. The first-order valence-electron chi connectivity index (χ1n) is 10.1. The van der Waals surface area contributed by atoms with Crippen LogP contribution in [0.25, 0.3) is 0 Å². The minimum absolute atomic E-state index is 0.00974. The molecule has 1 aliphatic carbocycles. The second-order valence-electron chi connectivity index (χ2n) is 8.67. The molecule has 29 heavy (non-hydrogen) atoms. The monoisotopic (exact) mass is 397 g/mol. The van der Waals surface area contributed by atoms with Crippen LogP contribution in [0, 0.1) is 25.7 Å². The fraction of sp³-hybridized carbons (Fsp3) is 0.571. The van der Waals surface area contributed by atoms with Gasteiger partial charge in [-0.2, -0.15) is 4.98 Å². The van der Waals surface area contributed by atoms with Gasteiger partial charge in [0.15, 0.2) is 5.82 Å². The number of fused-ring (bicyclic) bond motifs is 1. The molecule has 1 aliphatic heterocycles. The molecule has 2 aromatic rings. The normalized spacial score (nSPS) is 26.0. The Balaban J connectivity index is 1.56. The van der Waals surface area contributed by atoms with E-state index in [1.165, 1.54) is 0 Å². The van der Waals surface area contributed by atoms with Gasteiger partial charge in [-0.15, -0.1) is 0 Å². The van der Waals surface area contributed by atoms with Crippen molar-refractivity contribution in [2.24, 2.45) is 11.8 Å². The lowest BCUT2D eigenvalue weighted by Gasteiger charge is -2.26. The third-order valence-electron chi connectivity index (χ3n) is 6.13. The molecule has 1 unspecified atom stereocenters. The molecule has 154 valence electrons. The molecule has 8 nitrogen and oxygen atoms in total. The van der Waals surface area contributed by atoms with Crippen molar-refractivity contribution in [1.29, 1.82) is 0 Å². The molecule has 1 N–H and O–H groups in total. The quantitative estimate of drug-likeness (QED) is 0.847. The summed E-state index contributed by atoms with van der Waals surface area (Å²) in [6, 6.07) is 3.49. The number of rotatable bonds is 4. The smallest absolute Gasteiger partial charge is 0.251 e. The Hall–Kier alpha value is -2.77. The van der Waals surface area contributed by atoms with E-state index in [1.807, 2.05) is 25.7 Å². The van der Waals surface area contributed by atoms with Crippen LogP contribution >= 0.6 is 0 Å². The Morgan fingerprint density at radius 3 is 2.79 bits per heavy atom. The van der Waals surface area contributed by atoms with Gasteiger partial charge in [0.1, 0.15) is 0 Å². The number of carbonyl (C=O) groups excluding carboxylic acids is 2. The van der Waals surface area contributed by atoms with E-state index in [0.717, 1.165) is 12.1 Å². The van der Waals surface area contributed by atoms with Crippen LogP contribution in [0.15, 0.2) is 22.9 Å². The van der Waals surface area contributed by atoms with Gasteiger partial charge in [0.25, 0.3) is 5.91 Å². The van der Waals surface area contributed by atoms with Crippen LogP contribution in [0.2, 0.25) is 0 Å². The average molecular weight is 397 g/mol. The molecule has 0 radical (unpaired) electrons. The van der Waals surface area contributed by atoms with E-state index < -0.39 is 5.41 Å². The number of aryl methyl sites for hydroxylation is 2. The second-order valence-corrected chi connectivity index (χ2v) is 8.67. The minimum Gasteiger partial charge on any atom is -0.349 e. The predicted octanol–water partition coefficient (Wildman–Crippen LogP) is 2.03. The van der Waals surface area contributed by atoms with Gasteiger partial charge in [-0.3, -0.25) is 14.6 Å². The third kappa shape index (κ3) is 3.52. The predicted molar refractivity (Wildman–Crippen MR) is 105 cm³/mol. The van der Waals surface area contributed by atoms with Gasteiger partial charge in [0, 0.05) is 42.5 Å². The fourth-order valence-corrected chi connectivity index (χ4v) is 4.80. The number of hydrogen-bond acceptors (Lipinski definition) is 6. The number of nitrogens with one attached hydrogen (secondary N) is 1. The Kier molecular flexibility index (Phi) is 4.88. The van der Waals surface area contributed by atoms with Gasteiger partial charge in [-0.1, -0.05) is 19.0 Å². The van der Waals surface area contributed by atoms with Gasteiger partial charge >= 0.3 is 0 Å². The Labute approximate surface area is 170 Å². The van der Waals surface area contributed by atoms with Gasteiger partial charge in [-0.25, -0.2) is 0 Å². The van der Waals surface area contributed by atoms with E-state index in [2.05, 4.69) is 20.4 Å². The lowest BCUT2D eigenvalue weighted by molar-refractivity contribution is -0.133. The Morgan fingerprint density at radius 1 is 1.34 bits per heavy atom. The van der Waals surface area contributed by atoms with Crippen LogP contribution in [0.3, 0.4) is 0 Å². The molecule has 0 spiro atoms. The highest BCUT2D eigenvalue weighted by atomic mass is 16.5. The first-order chi connectivity index (χ1) is 13.8. The summed E-state index contributed by atoms with van der Waals surface area (Å²) in [5.74, 6) is 1.32. The molecule has 2 amide bonds. The summed E-state index contributed by atoms with van der Waals surface area (Å²) >= 11 is 0. The van der Waals surface area contributed by atoms with Crippen molar-refractivity contribution in [3.05, 3.63) is 41.3 Å². The fourth-order valence-electron chi connectivity index (χ4n) is 4.80. The van der Waals surface area contributed by atoms with Crippen LogP contribution in [0.1, 0.15) is 54.5 Å². The van der Waals surface area contributed by atoms with E-state index >= 15 is 0 Å². The number of hydrogen-bond donors (Lipinski definition) is 1. The van der Waals surface area contributed by atoms with Crippen molar-refractivity contribution in [2.75, 3.05) is 13.1 Å². The molecule has 8 heteroatoms. The maximum absolute atomic E-state index is 12.7. The molecule has 0 aromatic carbocycles. The van der Waals surface area contributed by atoms with Gasteiger partial charge in [0.2, 0.25) is 11.8 Å². The standard InChI is InChI=1S/C21H27N5O3/c1-12(2)19(28)26-10-16-8-17(24-18(27)15-5-6-22-13(3)7-15)9-21(16,11-26)20-23-14(4)25-29-20/h5-7,12,16-17H,8-11H2,1-4H3,(H,24,27)/t16?,17-,21+/m1/s1. The zero-order chi connectivity index (χ0) is 20.8. The summed E-state index contributed by atoms with van der Waals surface area (Å²) in [5.41, 5.74) is 1.01. The first kappa shape index (κ1) is 19.5. The SMILES string of the molecule is Cc1cc(C(=O)N[C@@H]2CC3CN(C(=O)C(C)C)C[C@@]3(c3nc(C)no3)C2)ccn1. The lowest BCUT2D eigenvalue weighted by Crippen LogP contribution is -2.40. The summed E-state index contributed by atoms with van der Waals surface area (Å²) in [4.78, 5) is 35.9. The summed E-state index contributed by atoms with van der Waals surface area (Å²) in [6.07, 6.45) is 3.10.